The molecule has 0 aliphatic rings. The van der Waals surface area contributed by atoms with Gasteiger partial charge in [0.1, 0.15) is 5.69 Å². The van der Waals surface area contributed by atoms with Crippen molar-refractivity contribution in [2.24, 2.45) is 0 Å². The van der Waals surface area contributed by atoms with Gasteiger partial charge in [0, 0.05) is 10.5 Å². The molecule has 1 heterocycles. The molecule has 1 unspecified atom stereocenters. The van der Waals surface area contributed by atoms with Crippen LogP contribution in [0.5, 0.6) is 0 Å². The van der Waals surface area contributed by atoms with Crippen LogP contribution in [-0.4, -0.2) is 11.0 Å². The molecule has 0 spiro atoms. The summed E-state index contributed by atoms with van der Waals surface area (Å²) < 4.78 is 38.3. The second-order valence-electron chi connectivity index (χ2n) is 4.81. The first-order chi connectivity index (χ1) is 9.84. The molecule has 0 aliphatic heterocycles. The van der Waals surface area contributed by atoms with E-state index in [1.165, 1.54) is 12.3 Å². The van der Waals surface area contributed by atoms with E-state index in [1.54, 1.807) is 0 Å². The highest BCUT2D eigenvalue weighted by Gasteiger charge is 2.32. The predicted octanol–water partition coefficient (Wildman–Crippen LogP) is 4.91. The van der Waals surface area contributed by atoms with Crippen molar-refractivity contribution in [2.45, 2.75) is 25.6 Å². The van der Waals surface area contributed by atoms with Gasteiger partial charge in [-0.05, 0) is 43.2 Å². The molecule has 1 aromatic carbocycles. The molecule has 0 amide bonds. The first-order valence-electron chi connectivity index (χ1n) is 6.39. The van der Waals surface area contributed by atoms with Gasteiger partial charge in [-0.15, -0.1) is 0 Å². The number of benzene rings is 1. The number of hydrogen-bond donors (Lipinski definition) is 1. The number of nitrogens with zero attached hydrogens (tertiary/aromatic N) is 1. The molecule has 2 rings (SSSR count). The zero-order valence-corrected chi connectivity index (χ0v) is 12.9. The average molecular weight is 359 g/mol. The molecule has 21 heavy (non-hydrogen) atoms. The van der Waals surface area contributed by atoms with E-state index < -0.39 is 11.9 Å². The van der Waals surface area contributed by atoms with Crippen molar-refractivity contribution < 1.29 is 13.2 Å². The number of halogens is 4. The Morgan fingerprint density at radius 3 is 2.33 bits per heavy atom. The lowest BCUT2D eigenvalue weighted by atomic mass is 10.1. The molecule has 1 atom stereocenters. The van der Waals surface area contributed by atoms with Crippen LogP contribution in [0, 0.1) is 0 Å². The molecule has 0 bridgehead atoms. The summed E-state index contributed by atoms with van der Waals surface area (Å²) in [4.78, 5) is 3.43. The summed E-state index contributed by atoms with van der Waals surface area (Å²) in [6, 6.07) is 10.4. The molecule has 2 aromatic rings. The Kier molecular flexibility index (Phi) is 4.88. The van der Waals surface area contributed by atoms with Crippen LogP contribution in [0.15, 0.2) is 47.1 Å². The highest BCUT2D eigenvalue weighted by molar-refractivity contribution is 9.10. The van der Waals surface area contributed by atoms with Gasteiger partial charge in [0.25, 0.3) is 0 Å². The zero-order valence-electron chi connectivity index (χ0n) is 11.3. The van der Waals surface area contributed by atoms with Crippen molar-refractivity contribution >= 4 is 21.6 Å². The number of rotatable bonds is 4. The Bertz CT molecular complexity index is 579. The average Bonchev–Trinajstić information content (AvgIpc) is 2.41. The molecule has 2 nitrogen and oxygen atoms in total. The molecule has 0 saturated heterocycles. The number of alkyl halides is 3. The third-order valence-electron chi connectivity index (χ3n) is 2.92. The maximum atomic E-state index is 12.4. The second-order valence-corrected chi connectivity index (χ2v) is 5.72. The fourth-order valence-corrected chi connectivity index (χ4v) is 2.22. The van der Waals surface area contributed by atoms with Gasteiger partial charge in [-0.3, -0.25) is 0 Å². The van der Waals surface area contributed by atoms with Crippen LogP contribution in [-0.2, 0) is 12.6 Å². The smallest absolute Gasteiger partial charge is 0.381 e. The van der Waals surface area contributed by atoms with Crippen molar-refractivity contribution in [2.75, 3.05) is 5.32 Å². The van der Waals surface area contributed by atoms with Crippen LogP contribution in [0.4, 0.5) is 18.9 Å². The lowest BCUT2D eigenvalue weighted by Gasteiger charge is -2.15. The van der Waals surface area contributed by atoms with E-state index in [1.807, 2.05) is 31.2 Å². The topological polar surface area (TPSA) is 24.9 Å². The summed E-state index contributed by atoms with van der Waals surface area (Å²) in [6.45, 7) is 1.97. The highest BCUT2D eigenvalue weighted by atomic mass is 79.9. The number of pyridine rings is 1. The van der Waals surface area contributed by atoms with Gasteiger partial charge in [-0.2, -0.15) is 13.2 Å². The van der Waals surface area contributed by atoms with Crippen LogP contribution < -0.4 is 5.32 Å². The molecule has 0 radical (unpaired) electrons. The monoisotopic (exact) mass is 358 g/mol. The summed E-state index contributed by atoms with van der Waals surface area (Å²) >= 11 is 3.37. The number of anilines is 1. The largest absolute Gasteiger partial charge is 0.433 e. The maximum absolute atomic E-state index is 12.4. The quantitative estimate of drug-likeness (QED) is 0.840. The van der Waals surface area contributed by atoms with Gasteiger partial charge in [0.15, 0.2) is 0 Å². The van der Waals surface area contributed by atoms with E-state index >= 15 is 0 Å². The van der Waals surface area contributed by atoms with Crippen molar-refractivity contribution in [3.05, 3.63) is 58.3 Å². The zero-order chi connectivity index (χ0) is 15.5. The van der Waals surface area contributed by atoms with E-state index in [0.29, 0.717) is 5.69 Å². The molecule has 1 N–H and O–H groups in total. The van der Waals surface area contributed by atoms with E-state index in [2.05, 4.69) is 26.2 Å². The normalized spacial score (nSPS) is 13.0. The SMILES string of the molecule is CC(Cc1ccc(Br)cc1)Nc1ccc(C(F)(F)F)nc1. The summed E-state index contributed by atoms with van der Waals surface area (Å²) in [7, 11) is 0. The van der Waals surface area contributed by atoms with Crippen molar-refractivity contribution in [3.63, 3.8) is 0 Å². The highest BCUT2D eigenvalue weighted by Crippen LogP contribution is 2.27. The third-order valence-corrected chi connectivity index (χ3v) is 3.45. The van der Waals surface area contributed by atoms with Crippen LogP contribution in [0.3, 0.4) is 0 Å². The summed E-state index contributed by atoms with van der Waals surface area (Å²) in [5.41, 5.74) is 0.847. The minimum absolute atomic E-state index is 0.0877. The summed E-state index contributed by atoms with van der Waals surface area (Å²) in [5.74, 6) is 0. The number of aromatic nitrogens is 1. The van der Waals surface area contributed by atoms with Crippen molar-refractivity contribution in [1.29, 1.82) is 0 Å². The molecule has 112 valence electrons. The lowest BCUT2D eigenvalue weighted by molar-refractivity contribution is -0.141. The van der Waals surface area contributed by atoms with Gasteiger partial charge in [-0.1, -0.05) is 28.1 Å². The molecule has 6 heteroatoms. The van der Waals surface area contributed by atoms with Crippen LogP contribution in [0.25, 0.3) is 0 Å². The van der Waals surface area contributed by atoms with Gasteiger partial charge in [0.2, 0.25) is 0 Å². The molecule has 0 fully saturated rings. The van der Waals surface area contributed by atoms with E-state index in [0.717, 1.165) is 22.5 Å². The Morgan fingerprint density at radius 2 is 1.81 bits per heavy atom. The molecular weight excluding hydrogens is 345 g/mol. The Labute approximate surface area is 129 Å². The Hall–Kier alpha value is -1.56. The van der Waals surface area contributed by atoms with Crippen molar-refractivity contribution in [1.82, 2.24) is 4.98 Å². The van der Waals surface area contributed by atoms with Crippen LogP contribution in [0.2, 0.25) is 0 Å². The maximum Gasteiger partial charge on any atom is 0.433 e. The van der Waals surface area contributed by atoms with Gasteiger partial charge >= 0.3 is 6.18 Å². The second kappa shape index (κ2) is 6.47. The Balaban J connectivity index is 1.96. The van der Waals surface area contributed by atoms with Gasteiger partial charge in [0.05, 0.1) is 11.9 Å². The summed E-state index contributed by atoms with van der Waals surface area (Å²) in [6.07, 6.45) is -2.42. The Morgan fingerprint density at radius 1 is 1.14 bits per heavy atom. The first-order valence-corrected chi connectivity index (χ1v) is 7.18. The molecular formula is C15H14BrF3N2. The lowest BCUT2D eigenvalue weighted by Crippen LogP contribution is -2.18. The van der Waals surface area contributed by atoms with E-state index in [4.69, 9.17) is 0 Å². The fraction of sp³-hybridized carbons (Fsp3) is 0.267. The number of hydrogen-bond acceptors (Lipinski definition) is 2. The van der Waals surface area contributed by atoms with Crippen LogP contribution >= 0.6 is 15.9 Å². The number of nitrogens with one attached hydrogen (secondary N) is 1. The van der Waals surface area contributed by atoms with Crippen molar-refractivity contribution in [3.8, 4) is 0 Å². The first kappa shape index (κ1) is 15.8. The van der Waals surface area contributed by atoms with E-state index in [9.17, 15) is 13.2 Å². The van der Waals surface area contributed by atoms with Crippen LogP contribution in [0.1, 0.15) is 18.2 Å². The standard InChI is InChI=1S/C15H14BrF3N2/c1-10(8-11-2-4-12(16)5-3-11)21-13-6-7-14(20-9-13)15(17,18)19/h2-7,9-10,21H,8H2,1H3. The minimum Gasteiger partial charge on any atom is -0.381 e. The van der Waals surface area contributed by atoms with Gasteiger partial charge in [-0.25, -0.2) is 4.98 Å². The molecule has 0 saturated carbocycles. The third kappa shape index (κ3) is 4.74. The predicted molar refractivity (Wildman–Crippen MR) is 80.2 cm³/mol. The van der Waals surface area contributed by atoms with Gasteiger partial charge < -0.3 is 5.32 Å². The molecule has 0 aliphatic carbocycles. The van der Waals surface area contributed by atoms with E-state index in [-0.39, 0.29) is 6.04 Å². The fourth-order valence-electron chi connectivity index (χ4n) is 1.96. The summed E-state index contributed by atoms with van der Waals surface area (Å²) in [5, 5.41) is 3.14. The minimum atomic E-state index is -4.40. The molecule has 1 aromatic heterocycles.